The van der Waals surface area contributed by atoms with Crippen LogP contribution in [0.5, 0.6) is 0 Å². The predicted molar refractivity (Wildman–Crippen MR) is 184 cm³/mol. The summed E-state index contributed by atoms with van der Waals surface area (Å²) in [4.78, 5) is 37.3. The second kappa shape index (κ2) is 13.7. The molecule has 10 nitrogen and oxygen atoms in total. The topological polar surface area (TPSA) is 121 Å². The van der Waals surface area contributed by atoms with Crippen LogP contribution in [0.2, 0.25) is 0 Å². The summed E-state index contributed by atoms with van der Waals surface area (Å²) < 4.78 is 35.2. The third-order valence-electron chi connectivity index (χ3n) is 9.14. The van der Waals surface area contributed by atoms with Gasteiger partial charge in [0.2, 0.25) is 15.9 Å². The number of amides is 1. The van der Waals surface area contributed by atoms with Gasteiger partial charge < -0.3 is 19.5 Å². The van der Waals surface area contributed by atoms with Crippen molar-refractivity contribution in [2.45, 2.75) is 76.0 Å². The molecule has 0 spiro atoms. The van der Waals surface area contributed by atoms with Crippen molar-refractivity contribution in [2.24, 2.45) is 5.92 Å². The summed E-state index contributed by atoms with van der Waals surface area (Å²) in [6.07, 6.45) is 1.52. The minimum absolute atomic E-state index is 0.0451. The summed E-state index contributed by atoms with van der Waals surface area (Å²) in [5, 5.41) is 2.51. The van der Waals surface area contributed by atoms with Crippen LogP contribution in [0.4, 0.5) is 4.79 Å². The number of sulfonamides is 1. The number of ether oxygens (including phenoxy) is 1. The summed E-state index contributed by atoms with van der Waals surface area (Å²) in [5.74, 6) is -0.172. The van der Waals surface area contributed by atoms with Crippen molar-refractivity contribution in [1.29, 1.82) is 0 Å². The SMILES string of the molecule is Cc1ccccc1-c1cc2ccc(S(=O)(=O)NC3CCC(C(=O)N4CCN(OC(=O)OC(C)(C)C)C[C@@H]4c4ccccc4)CC3)cc2[nH]1. The summed E-state index contributed by atoms with van der Waals surface area (Å²) in [5.41, 5.74) is 4.19. The number of piperazine rings is 1. The van der Waals surface area contributed by atoms with Crippen LogP contribution < -0.4 is 4.72 Å². The zero-order valence-electron chi connectivity index (χ0n) is 27.9. The second-order valence-electron chi connectivity index (χ2n) is 13.8. The zero-order valence-corrected chi connectivity index (χ0v) is 28.8. The van der Waals surface area contributed by atoms with Gasteiger partial charge in [-0.05, 0) is 82.7 Å². The lowest BCUT2D eigenvalue weighted by molar-refractivity contribution is -0.176. The molecule has 2 aliphatic rings. The molecule has 254 valence electrons. The number of nitrogens with zero attached hydrogens (tertiary/aromatic N) is 2. The number of aromatic nitrogens is 1. The molecule has 3 aromatic carbocycles. The molecular formula is C37H44N4O6S. The fourth-order valence-corrected chi connectivity index (χ4v) is 8.04. The van der Waals surface area contributed by atoms with E-state index in [1.165, 1.54) is 0 Å². The van der Waals surface area contributed by atoms with Crippen LogP contribution in [0.25, 0.3) is 22.2 Å². The maximum Gasteiger partial charge on any atom is 0.528 e. The van der Waals surface area contributed by atoms with E-state index in [0.717, 1.165) is 33.3 Å². The van der Waals surface area contributed by atoms with Crippen LogP contribution in [0.3, 0.4) is 0 Å². The van der Waals surface area contributed by atoms with Gasteiger partial charge in [0.25, 0.3) is 0 Å². The molecule has 0 radical (unpaired) electrons. The Kier molecular flexibility index (Phi) is 9.64. The van der Waals surface area contributed by atoms with Gasteiger partial charge in [0.05, 0.1) is 24.0 Å². The molecule has 1 saturated heterocycles. The lowest BCUT2D eigenvalue weighted by Gasteiger charge is -2.42. The van der Waals surface area contributed by atoms with E-state index in [9.17, 15) is 18.0 Å². The Morgan fingerprint density at radius 1 is 0.896 bits per heavy atom. The number of nitrogens with one attached hydrogen (secondary N) is 2. The van der Waals surface area contributed by atoms with E-state index in [1.807, 2.05) is 65.6 Å². The van der Waals surface area contributed by atoms with Gasteiger partial charge in [-0.1, -0.05) is 60.7 Å². The van der Waals surface area contributed by atoms with Gasteiger partial charge in [0, 0.05) is 40.7 Å². The summed E-state index contributed by atoms with van der Waals surface area (Å²) >= 11 is 0. The standard InChI is InChI=1S/C37H44N4O6S/c1-25-10-8-9-13-31(25)33-22-28-16-19-30(23-32(28)38-33)48(44,45)39-29-17-14-27(15-18-29)35(42)41-21-20-40(47-36(43)46-37(2,3)4)24-34(41)26-11-6-5-7-12-26/h5-13,16,19,22-23,27,29,34,38-39H,14-15,17-18,20-21,24H2,1-4H3/t27?,29?,34-/m1/s1. The molecule has 4 aromatic rings. The van der Waals surface area contributed by atoms with Crippen molar-refractivity contribution in [2.75, 3.05) is 19.6 Å². The third-order valence-corrected chi connectivity index (χ3v) is 10.7. The van der Waals surface area contributed by atoms with E-state index in [2.05, 4.69) is 22.7 Å². The second-order valence-corrected chi connectivity index (χ2v) is 15.5. The Morgan fingerprint density at radius 3 is 2.31 bits per heavy atom. The van der Waals surface area contributed by atoms with Crippen LogP contribution in [0.15, 0.2) is 83.8 Å². The van der Waals surface area contributed by atoms with E-state index in [0.29, 0.717) is 45.3 Å². The average Bonchev–Trinajstić information content (AvgIpc) is 3.48. The van der Waals surface area contributed by atoms with Crippen molar-refractivity contribution in [3.8, 4) is 11.3 Å². The largest absolute Gasteiger partial charge is 0.528 e. The molecule has 1 aliphatic carbocycles. The number of carbonyl (C=O) groups is 2. The number of fused-ring (bicyclic) bond motifs is 1. The number of hydrogen-bond donors (Lipinski definition) is 2. The van der Waals surface area contributed by atoms with Gasteiger partial charge in [-0.2, -0.15) is 0 Å². The Balaban J connectivity index is 1.08. The maximum absolute atomic E-state index is 13.9. The Bertz CT molecular complexity index is 1880. The van der Waals surface area contributed by atoms with Crippen molar-refractivity contribution in [3.63, 3.8) is 0 Å². The fourth-order valence-electron chi connectivity index (χ4n) is 6.71. The van der Waals surface area contributed by atoms with Gasteiger partial charge >= 0.3 is 6.16 Å². The molecule has 0 bridgehead atoms. The van der Waals surface area contributed by atoms with E-state index >= 15 is 0 Å². The average molecular weight is 673 g/mol. The molecule has 2 N–H and O–H groups in total. The summed E-state index contributed by atoms with van der Waals surface area (Å²) in [7, 11) is -3.77. The Morgan fingerprint density at radius 2 is 1.60 bits per heavy atom. The molecule has 1 atom stereocenters. The molecule has 2 fully saturated rings. The van der Waals surface area contributed by atoms with Gasteiger partial charge in [0.1, 0.15) is 5.60 Å². The van der Waals surface area contributed by atoms with Crippen LogP contribution in [-0.2, 0) is 24.4 Å². The monoisotopic (exact) mass is 672 g/mol. The van der Waals surface area contributed by atoms with Crippen molar-refractivity contribution < 1.29 is 27.6 Å². The van der Waals surface area contributed by atoms with Crippen molar-refractivity contribution >= 4 is 33.0 Å². The first kappa shape index (κ1) is 33.7. The molecule has 0 unspecified atom stereocenters. The van der Waals surface area contributed by atoms with Crippen LogP contribution in [-0.4, -0.2) is 66.7 Å². The normalized spacial score (nSPS) is 20.8. The number of carbonyl (C=O) groups excluding carboxylic acids is 2. The highest BCUT2D eigenvalue weighted by atomic mass is 32.2. The highest BCUT2D eigenvalue weighted by molar-refractivity contribution is 7.89. The lowest BCUT2D eigenvalue weighted by atomic mass is 9.85. The number of H-pyrrole nitrogens is 1. The molecule has 48 heavy (non-hydrogen) atoms. The van der Waals surface area contributed by atoms with Gasteiger partial charge in [-0.25, -0.2) is 17.9 Å². The maximum atomic E-state index is 13.9. The fraction of sp³-hybridized carbons (Fsp3) is 0.405. The molecule has 1 amide bonds. The van der Waals surface area contributed by atoms with Crippen molar-refractivity contribution in [1.82, 2.24) is 19.7 Å². The summed E-state index contributed by atoms with van der Waals surface area (Å²) in [6.45, 7) is 8.46. The van der Waals surface area contributed by atoms with E-state index < -0.39 is 21.8 Å². The molecule has 1 saturated carbocycles. The summed E-state index contributed by atoms with van der Waals surface area (Å²) in [6, 6.07) is 24.4. The van der Waals surface area contributed by atoms with E-state index in [-0.39, 0.29) is 28.8 Å². The lowest BCUT2D eigenvalue weighted by Crippen LogP contribution is -2.53. The van der Waals surface area contributed by atoms with Crippen LogP contribution in [0.1, 0.15) is 63.6 Å². The smallest absolute Gasteiger partial charge is 0.427 e. The predicted octanol–water partition coefficient (Wildman–Crippen LogP) is 6.73. The minimum atomic E-state index is -3.77. The quantitative estimate of drug-likeness (QED) is 0.209. The van der Waals surface area contributed by atoms with Crippen molar-refractivity contribution in [3.05, 3.63) is 90.0 Å². The van der Waals surface area contributed by atoms with Gasteiger partial charge in [-0.15, -0.1) is 5.06 Å². The number of aromatic amines is 1. The molecule has 11 heteroatoms. The first-order chi connectivity index (χ1) is 22.9. The molecular weight excluding hydrogens is 628 g/mol. The van der Waals surface area contributed by atoms with Crippen LogP contribution in [0, 0.1) is 12.8 Å². The first-order valence-corrected chi connectivity index (χ1v) is 18.1. The number of hydrogen-bond acceptors (Lipinski definition) is 7. The first-order valence-electron chi connectivity index (χ1n) is 16.6. The highest BCUT2D eigenvalue weighted by Crippen LogP contribution is 2.33. The number of rotatable bonds is 7. The van der Waals surface area contributed by atoms with E-state index in [4.69, 9.17) is 9.57 Å². The number of benzene rings is 3. The van der Waals surface area contributed by atoms with E-state index in [1.54, 1.807) is 38.0 Å². The number of aryl methyl sites for hydroxylation is 1. The molecule has 1 aliphatic heterocycles. The van der Waals surface area contributed by atoms with Crippen LogP contribution >= 0.6 is 0 Å². The van der Waals surface area contributed by atoms with Gasteiger partial charge in [-0.3, -0.25) is 4.79 Å². The number of hydroxylamine groups is 2. The Hall–Kier alpha value is -4.19. The molecule has 2 heterocycles. The molecule has 6 rings (SSSR count). The third kappa shape index (κ3) is 7.75. The van der Waals surface area contributed by atoms with Gasteiger partial charge in [0.15, 0.2) is 0 Å². The minimum Gasteiger partial charge on any atom is -0.427 e. The zero-order chi connectivity index (χ0) is 34.1. The molecule has 1 aromatic heterocycles. The Labute approximate surface area is 282 Å². The highest BCUT2D eigenvalue weighted by Gasteiger charge is 2.38.